The van der Waals surface area contributed by atoms with Crippen molar-refractivity contribution in [3.8, 4) is 0 Å². The Labute approximate surface area is 79.7 Å². The van der Waals surface area contributed by atoms with Gasteiger partial charge in [0.25, 0.3) is 0 Å². The molecule has 1 aromatic rings. The van der Waals surface area contributed by atoms with Gasteiger partial charge in [0.15, 0.2) is 0 Å². The number of hydrogen-bond donors (Lipinski definition) is 1. The monoisotopic (exact) mass is 201 g/mol. The fraction of sp³-hybridized carbons (Fsp3) is 0.400. The van der Waals surface area contributed by atoms with Crippen LogP contribution in [0.5, 0.6) is 0 Å². The number of aryl methyl sites for hydroxylation is 1. The smallest absolute Gasteiger partial charge is 0.324 e. The second-order valence-electron chi connectivity index (χ2n) is 3.56. The van der Waals surface area contributed by atoms with Crippen molar-refractivity contribution < 1.29 is 13.2 Å². The molecule has 0 aliphatic heterocycles. The maximum Gasteiger partial charge on any atom is 0.416 e. The van der Waals surface area contributed by atoms with E-state index in [9.17, 15) is 13.2 Å². The van der Waals surface area contributed by atoms with Gasteiger partial charge in [0, 0.05) is 6.04 Å². The lowest BCUT2D eigenvalue weighted by Gasteiger charge is -2.09. The first-order valence-corrected chi connectivity index (χ1v) is 4.44. The summed E-state index contributed by atoms with van der Waals surface area (Å²) in [5.41, 5.74) is 6.75. The van der Waals surface area contributed by atoms with Crippen molar-refractivity contribution in [3.63, 3.8) is 0 Å². The second-order valence-corrected chi connectivity index (χ2v) is 3.56. The molecule has 76 valence electrons. The van der Waals surface area contributed by atoms with E-state index in [0.717, 1.165) is 23.6 Å². The van der Waals surface area contributed by atoms with Gasteiger partial charge in [-0.25, -0.2) is 0 Å². The third-order valence-electron chi connectivity index (χ3n) is 2.59. The molecule has 0 saturated heterocycles. The SMILES string of the molecule is N[C@H]1CCc2cc(C(F)(F)F)ccc21. The Balaban J connectivity index is 2.42. The van der Waals surface area contributed by atoms with Crippen molar-refractivity contribution >= 4 is 0 Å². The number of nitrogens with two attached hydrogens (primary N) is 1. The lowest BCUT2D eigenvalue weighted by atomic mass is 10.0. The first-order chi connectivity index (χ1) is 6.48. The van der Waals surface area contributed by atoms with Crippen LogP contribution in [0.4, 0.5) is 13.2 Å². The summed E-state index contributed by atoms with van der Waals surface area (Å²) in [6.45, 7) is 0. The molecule has 14 heavy (non-hydrogen) atoms. The van der Waals surface area contributed by atoms with Gasteiger partial charge in [0.2, 0.25) is 0 Å². The molecule has 0 radical (unpaired) electrons. The molecule has 0 fully saturated rings. The third kappa shape index (κ3) is 1.50. The Morgan fingerprint density at radius 1 is 1.29 bits per heavy atom. The summed E-state index contributed by atoms with van der Waals surface area (Å²) in [6.07, 6.45) is -2.85. The van der Waals surface area contributed by atoms with Crippen molar-refractivity contribution in [2.24, 2.45) is 5.73 Å². The molecule has 1 aromatic carbocycles. The van der Waals surface area contributed by atoms with E-state index < -0.39 is 11.7 Å². The zero-order valence-electron chi connectivity index (χ0n) is 7.43. The molecule has 0 saturated carbocycles. The molecule has 0 heterocycles. The van der Waals surface area contributed by atoms with Crippen LogP contribution in [0, 0.1) is 0 Å². The quantitative estimate of drug-likeness (QED) is 0.686. The normalized spacial score (nSPS) is 21.0. The number of halogens is 3. The second kappa shape index (κ2) is 2.98. The van der Waals surface area contributed by atoms with E-state index in [1.54, 1.807) is 0 Å². The largest absolute Gasteiger partial charge is 0.416 e. The molecular weight excluding hydrogens is 191 g/mol. The van der Waals surface area contributed by atoms with Gasteiger partial charge in [-0.15, -0.1) is 0 Å². The van der Waals surface area contributed by atoms with Crippen LogP contribution >= 0.6 is 0 Å². The average molecular weight is 201 g/mol. The fourth-order valence-electron chi connectivity index (χ4n) is 1.83. The molecule has 1 aliphatic carbocycles. The summed E-state index contributed by atoms with van der Waals surface area (Å²) in [5, 5.41) is 0. The predicted octanol–water partition coefficient (Wildman–Crippen LogP) is 2.65. The van der Waals surface area contributed by atoms with Gasteiger partial charge in [0.05, 0.1) is 5.56 Å². The minimum absolute atomic E-state index is 0.0905. The predicted molar refractivity (Wildman–Crippen MR) is 46.7 cm³/mol. The van der Waals surface area contributed by atoms with Crippen LogP contribution in [0.1, 0.15) is 29.2 Å². The molecule has 0 unspecified atom stereocenters. The lowest BCUT2D eigenvalue weighted by molar-refractivity contribution is -0.137. The van der Waals surface area contributed by atoms with E-state index in [0.29, 0.717) is 6.42 Å². The van der Waals surface area contributed by atoms with Crippen molar-refractivity contribution in [2.75, 3.05) is 0 Å². The van der Waals surface area contributed by atoms with Crippen LogP contribution in [-0.2, 0) is 12.6 Å². The van der Waals surface area contributed by atoms with Crippen molar-refractivity contribution in [1.29, 1.82) is 0 Å². The van der Waals surface area contributed by atoms with E-state index in [2.05, 4.69) is 0 Å². The van der Waals surface area contributed by atoms with E-state index in [1.165, 1.54) is 12.1 Å². The van der Waals surface area contributed by atoms with E-state index >= 15 is 0 Å². The van der Waals surface area contributed by atoms with Gasteiger partial charge in [0.1, 0.15) is 0 Å². The van der Waals surface area contributed by atoms with Gasteiger partial charge >= 0.3 is 6.18 Å². The van der Waals surface area contributed by atoms with Crippen LogP contribution < -0.4 is 5.73 Å². The maximum atomic E-state index is 12.3. The molecule has 0 amide bonds. The molecule has 2 rings (SSSR count). The highest BCUT2D eigenvalue weighted by Crippen LogP contribution is 2.35. The van der Waals surface area contributed by atoms with Crippen LogP contribution in [0.2, 0.25) is 0 Å². The minimum atomic E-state index is -4.25. The number of hydrogen-bond acceptors (Lipinski definition) is 1. The summed E-state index contributed by atoms with van der Waals surface area (Å²) in [6, 6.07) is 3.72. The Kier molecular flexibility index (Phi) is 2.03. The summed E-state index contributed by atoms with van der Waals surface area (Å²) in [5.74, 6) is 0. The van der Waals surface area contributed by atoms with Crippen molar-refractivity contribution in [2.45, 2.75) is 25.1 Å². The summed E-state index contributed by atoms with van der Waals surface area (Å²) in [7, 11) is 0. The minimum Gasteiger partial charge on any atom is -0.324 e. The zero-order chi connectivity index (χ0) is 10.3. The van der Waals surface area contributed by atoms with E-state index in [1.807, 2.05) is 0 Å². The topological polar surface area (TPSA) is 26.0 Å². The van der Waals surface area contributed by atoms with Gasteiger partial charge in [-0.3, -0.25) is 0 Å². The number of rotatable bonds is 0. The number of benzene rings is 1. The molecule has 2 N–H and O–H groups in total. The molecule has 1 atom stereocenters. The standard InChI is InChI=1S/C10H10F3N/c11-10(12,13)7-2-3-8-6(5-7)1-4-9(8)14/h2-3,5,9H,1,4,14H2/t9-/m0/s1. The number of alkyl halides is 3. The highest BCUT2D eigenvalue weighted by molar-refractivity contribution is 5.38. The van der Waals surface area contributed by atoms with Crippen LogP contribution in [0.3, 0.4) is 0 Å². The zero-order valence-corrected chi connectivity index (χ0v) is 7.43. The highest BCUT2D eigenvalue weighted by atomic mass is 19.4. The average Bonchev–Trinajstić information content (AvgIpc) is 2.46. The van der Waals surface area contributed by atoms with Gasteiger partial charge in [-0.05, 0) is 36.1 Å². The Hall–Kier alpha value is -1.03. The summed E-state index contributed by atoms with van der Waals surface area (Å²) in [4.78, 5) is 0. The molecule has 0 spiro atoms. The Bertz CT molecular complexity index is 357. The van der Waals surface area contributed by atoms with Crippen LogP contribution in [0.25, 0.3) is 0 Å². The third-order valence-corrected chi connectivity index (χ3v) is 2.59. The molecule has 1 aliphatic rings. The van der Waals surface area contributed by atoms with Crippen LogP contribution in [-0.4, -0.2) is 0 Å². The van der Waals surface area contributed by atoms with E-state index in [-0.39, 0.29) is 6.04 Å². The fourth-order valence-corrected chi connectivity index (χ4v) is 1.83. The number of fused-ring (bicyclic) bond motifs is 1. The van der Waals surface area contributed by atoms with Gasteiger partial charge < -0.3 is 5.73 Å². The first-order valence-electron chi connectivity index (χ1n) is 4.44. The molecular formula is C10H10F3N. The molecule has 0 bridgehead atoms. The van der Waals surface area contributed by atoms with Crippen molar-refractivity contribution in [1.82, 2.24) is 0 Å². The lowest BCUT2D eigenvalue weighted by Crippen LogP contribution is -2.08. The maximum absolute atomic E-state index is 12.3. The van der Waals surface area contributed by atoms with Gasteiger partial charge in [-0.2, -0.15) is 13.2 Å². The molecule has 4 heteroatoms. The Morgan fingerprint density at radius 2 is 2.00 bits per heavy atom. The molecule has 1 nitrogen and oxygen atoms in total. The first kappa shape index (κ1) is 9.52. The molecule has 0 aromatic heterocycles. The summed E-state index contributed by atoms with van der Waals surface area (Å²) >= 11 is 0. The van der Waals surface area contributed by atoms with E-state index in [4.69, 9.17) is 5.73 Å². The van der Waals surface area contributed by atoms with Crippen molar-refractivity contribution in [3.05, 3.63) is 34.9 Å². The Morgan fingerprint density at radius 3 is 2.64 bits per heavy atom. The highest BCUT2D eigenvalue weighted by Gasteiger charge is 2.32. The van der Waals surface area contributed by atoms with Gasteiger partial charge in [-0.1, -0.05) is 6.07 Å². The summed E-state index contributed by atoms with van der Waals surface area (Å²) < 4.78 is 37.0. The van der Waals surface area contributed by atoms with Crippen LogP contribution in [0.15, 0.2) is 18.2 Å².